The molecule has 0 radical (unpaired) electrons. The molecule has 0 spiro atoms. The quantitative estimate of drug-likeness (QED) is 0.0642. The minimum absolute atomic E-state index is 0. The Labute approximate surface area is 341 Å². The number of aliphatic imine (C=N–C) groups is 1. The van der Waals surface area contributed by atoms with Gasteiger partial charge in [-0.1, -0.05) is 88.7 Å². The molecule has 3 rings (SSSR count). The molecule has 3 aromatic rings. The lowest BCUT2D eigenvalue weighted by atomic mass is 9.86. The van der Waals surface area contributed by atoms with Gasteiger partial charge >= 0.3 is 17.9 Å². The van der Waals surface area contributed by atoms with Crippen LogP contribution in [0, 0.1) is 11.8 Å². The molecule has 3 unspecified atom stereocenters. The van der Waals surface area contributed by atoms with E-state index in [0.717, 1.165) is 12.8 Å². The first-order chi connectivity index (χ1) is 24.4. The molecule has 0 bridgehead atoms. The summed E-state index contributed by atoms with van der Waals surface area (Å²) in [5, 5.41) is 15.3. The number of nitrogens with one attached hydrogen (secondary N) is 2. The first-order valence-electron chi connectivity index (χ1n) is 16.7. The van der Waals surface area contributed by atoms with E-state index in [1.165, 1.54) is 44.9 Å². The number of esters is 2. The Kier molecular flexibility index (Phi) is 29.2. The van der Waals surface area contributed by atoms with E-state index in [-0.39, 0.29) is 79.6 Å². The summed E-state index contributed by atoms with van der Waals surface area (Å²) in [6.45, 7) is 4.75. The lowest BCUT2D eigenvalue weighted by Gasteiger charge is -2.20. The van der Waals surface area contributed by atoms with Crippen LogP contribution in [0.2, 0.25) is 0 Å². The van der Waals surface area contributed by atoms with Gasteiger partial charge in [0.2, 0.25) is 5.91 Å². The van der Waals surface area contributed by atoms with E-state index in [4.69, 9.17) is 9.47 Å². The monoisotopic (exact) mass is 796 g/mol. The summed E-state index contributed by atoms with van der Waals surface area (Å²) in [6.07, 6.45) is 2.97. The van der Waals surface area contributed by atoms with Gasteiger partial charge in [-0.15, -0.1) is 0 Å². The van der Waals surface area contributed by atoms with Crippen LogP contribution < -0.4 is 10.6 Å². The fourth-order valence-corrected chi connectivity index (χ4v) is 5.59. The van der Waals surface area contributed by atoms with Gasteiger partial charge in [-0.05, 0) is 91.6 Å². The third kappa shape index (κ3) is 17.4. The van der Waals surface area contributed by atoms with Crippen LogP contribution in [0.15, 0.2) is 77.8 Å². The summed E-state index contributed by atoms with van der Waals surface area (Å²) in [7, 11) is 2.41. The van der Waals surface area contributed by atoms with Crippen molar-refractivity contribution in [2.45, 2.75) is 110 Å². The van der Waals surface area contributed by atoms with E-state index in [1.807, 2.05) is 18.2 Å². The second kappa shape index (κ2) is 28.7. The predicted molar refractivity (Wildman–Crippen MR) is 233 cm³/mol. The van der Waals surface area contributed by atoms with Gasteiger partial charge < -0.3 is 25.2 Å². The molecule has 0 heterocycles. The molecule has 3 N–H and O–H groups in total. The van der Waals surface area contributed by atoms with E-state index in [0.29, 0.717) is 30.6 Å². The highest BCUT2D eigenvalue weighted by Gasteiger charge is 2.23. The molecule has 12 nitrogen and oxygen atoms in total. The predicted octanol–water partition coefficient (Wildman–Crippen LogP) is 10.3. The van der Waals surface area contributed by atoms with E-state index in [9.17, 15) is 33.9 Å². The van der Waals surface area contributed by atoms with Gasteiger partial charge in [-0.3, -0.25) is 24.2 Å². The van der Waals surface area contributed by atoms with Crippen LogP contribution in [0.25, 0.3) is 0 Å². The summed E-state index contributed by atoms with van der Waals surface area (Å²) >= 11 is 0. The van der Waals surface area contributed by atoms with E-state index in [2.05, 4.69) is 34.7 Å². The van der Waals surface area contributed by atoms with Gasteiger partial charge in [0.25, 0.3) is 5.91 Å². The number of carbonyl (C=O) groups is 6. The van der Waals surface area contributed by atoms with Crippen molar-refractivity contribution < 1.29 is 43.3 Å². The number of benzene rings is 3. The molecule has 0 saturated carbocycles. The second-order valence-corrected chi connectivity index (χ2v) is 12.2. The molecule has 0 aliphatic heterocycles. The number of nitrogens with zero attached hydrogens (tertiary/aromatic N) is 1. The SMILES string of the molecule is C.C.C.C.C.C.CCC(CCC(CCC(C)C(=O)Nc1ccc(NC(=O)C(=NCc2cc(C(=O)OC)ccc2C(=O)OC)C(C)=O)cc1)C(=O)O)c1ccccc1. The number of hydrogen-bond acceptors (Lipinski definition) is 9. The topological polar surface area (TPSA) is 178 Å². The van der Waals surface area contributed by atoms with Crippen molar-refractivity contribution in [2.75, 3.05) is 24.9 Å². The number of carboxylic acid groups (broad SMARTS) is 1. The number of rotatable bonds is 18. The number of Topliss-reactive ketones (excluding diaryl/α,β-unsaturated/α-hetero) is 1. The molecular weight excluding hydrogens is 727 g/mol. The van der Waals surface area contributed by atoms with Gasteiger partial charge in [0.15, 0.2) is 11.5 Å². The van der Waals surface area contributed by atoms with Gasteiger partial charge in [-0.25, -0.2) is 9.59 Å². The fourth-order valence-electron chi connectivity index (χ4n) is 5.59. The minimum Gasteiger partial charge on any atom is -0.481 e. The second-order valence-electron chi connectivity index (χ2n) is 12.2. The summed E-state index contributed by atoms with van der Waals surface area (Å²) in [6, 6.07) is 20.5. The molecule has 0 aliphatic carbocycles. The van der Waals surface area contributed by atoms with Crippen LogP contribution in [-0.4, -0.2) is 60.5 Å². The zero-order valence-electron chi connectivity index (χ0n) is 29.6. The molecule has 3 aromatic carbocycles. The standard InChI is InChI=1S/C39H45N3O9.6CH4/c1-6-26(27-10-8-7-9-11-27)14-15-28(37(46)47)13-12-24(2)35(44)41-31-17-19-32(20-18-31)42-36(45)34(25(3)43)40-23-30-22-29(38(48)50-4)16-21-33(30)39(49)51-5;;;;;;/h7-11,16-22,24,26,28H,6,12-15,23H2,1-5H3,(H,41,44)(H,42,45)(H,46,47);6*1H4. The number of methoxy groups -OCH3 is 2. The van der Waals surface area contributed by atoms with Crippen LogP contribution in [0.1, 0.15) is 135 Å². The van der Waals surface area contributed by atoms with Crippen LogP contribution in [-0.2, 0) is 35.2 Å². The number of hydrogen-bond donors (Lipinski definition) is 3. The molecule has 57 heavy (non-hydrogen) atoms. The molecule has 0 saturated heterocycles. The molecule has 3 atom stereocenters. The Hall–Kier alpha value is -5.65. The van der Waals surface area contributed by atoms with E-state index >= 15 is 0 Å². The Bertz CT molecular complexity index is 1740. The van der Waals surface area contributed by atoms with Gasteiger partial charge in [0, 0.05) is 24.2 Å². The highest BCUT2D eigenvalue weighted by atomic mass is 16.5. The largest absolute Gasteiger partial charge is 0.481 e. The first kappa shape index (κ1) is 58.1. The third-order valence-electron chi connectivity index (χ3n) is 8.67. The minimum atomic E-state index is -0.861. The summed E-state index contributed by atoms with van der Waals surface area (Å²) in [5.41, 5.74) is 2.08. The zero-order valence-corrected chi connectivity index (χ0v) is 29.6. The Morgan fingerprint density at radius 3 is 1.77 bits per heavy atom. The number of carbonyl (C=O) groups excluding carboxylic acids is 5. The maximum Gasteiger partial charge on any atom is 0.338 e. The Balaban J connectivity index is -0.00000234. The number of anilines is 2. The highest BCUT2D eigenvalue weighted by molar-refractivity contribution is 6.67. The Morgan fingerprint density at radius 1 is 0.719 bits per heavy atom. The molecule has 0 fully saturated rings. The highest BCUT2D eigenvalue weighted by Crippen LogP contribution is 2.29. The smallest absolute Gasteiger partial charge is 0.338 e. The van der Waals surface area contributed by atoms with Crippen molar-refractivity contribution in [2.24, 2.45) is 16.8 Å². The molecule has 318 valence electrons. The molecular formula is C45H69N3O9. The zero-order chi connectivity index (χ0) is 37.5. The fraction of sp³-hybridized carbons (Fsp3) is 0.444. The lowest BCUT2D eigenvalue weighted by molar-refractivity contribution is -0.142. The summed E-state index contributed by atoms with van der Waals surface area (Å²) < 4.78 is 9.53. The number of aliphatic carboxylic acids is 1. The van der Waals surface area contributed by atoms with Gasteiger partial charge in [0.05, 0.1) is 37.8 Å². The normalized spacial score (nSPS) is 11.6. The van der Waals surface area contributed by atoms with Crippen LogP contribution >= 0.6 is 0 Å². The summed E-state index contributed by atoms with van der Waals surface area (Å²) in [5.74, 6) is -4.58. The third-order valence-corrected chi connectivity index (χ3v) is 8.67. The lowest BCUT2D eigenvalue weighted by Crippen LogP contribution is -2.29. The molecule has 0 aliphatic rings. The van der Waals surface area contributed by atoms with Crippen molar-refractivity contribution in [3.63, 3.8) is 0 Å². The van der Waals surface area contributed by atoms with Crippen LogP contribution in [0.4, 0.5) is 11.4 Å². The van der Waals surface area contributed by atoms with Crippen LogP contribution in [0.5, 0.6) is 0 Å². The summed E-state index contributed by atoms with van der Waals surface area (Å²) in [4.78, 5) is 78.8. The first-order valence-corrected chi connectivity index (χ1v) is 16.7. The molecule has 0 aromatic heterocycles. The number of carboxylic acids is 1. The van der Waals surface area contributed by atoms with Crippen molar-refractivity contribution >= 4 is 52.6 Å². The number of ether oxygens (including phenoxy) is 2. The maximum atomic E-state index is 13.0. The van der Waals surface area contributed by atoms with Crippen molar-refractivity contribution in [1.29, 1.82) is 0 Å². The average Bonchev–Trinajstić information content (AvgIpc) is 3.13. The van der Waals surface area contributed by atoms with E-state index < -0.39 is 47.1 Å². The average molecular weight is 796 g/mol. The number of ketones is 1. The number of amides is 2. The van der Waals surface area contributed by atoms with Crippen molar-refractivity contribution in [3.8, 4) is 0 Å². The molecule has 2 amide bonds. The van der Waals surface area contributed by atoms with E-state index in [1.54, 1.807) is 31.2 Å². The maximum absolute atomic E-state index is 13.0. The van der Waals surface area contributed by atoms with Gasteiger partial charge in [-0.2, -0.15) is 0 Å². The van der Waals surface area contributed by atoms with Crippen molar-refractivity contribution in [3.05, 3.63) is 95.1 Å². The molecule has 12 heteroatoms. The van der Waals surface area contributed by atoms with Crippen LogP contribution in [0.3, 0.4) is 0 Å². The van der Waals surface area contributed by atoms with Gasteiger partial charge in [0.1, 0.15) is 0 Å². The van der Waals surface area contributed by atoms with Crippen molar-refractivity contribution in [1.82, 2.24) is 0 Å². The Morgan fingerprint density at radius 2 is 1.26 bits per heavy atom.